The summed E-state index contributed by atoms with van der Waals surface area (Å²) in [6.07, 6.45) is 1.50. The fourth-order valence-electron chi connectivity index (χ4n) is 1.13. The van der Waals surface area contributed by atoms with E-state index in [0.717, 1.165) is 6.07 Å². The van der Waals surface area contributed by atoms with Gasteiger partial charge < -0.3 is 4.98 Å². The molecule has 62 valence electrons. The van der Waals surface area contributed by atoms with Crippen molar-refractivity contribution in [1.29, 1.82) is 0 Å². The van der Waals surface area contributed by atoms with Crippen molar-refractivity contribution in [2.45, 2.75) is 0 Å². The van der Waals surface area contributed by atoms with E-state index in [1.807, 2.05) is 0 Å². The van der Waals surface area contributed by atoms with Gasteiger partial charge in [-0.3, -0.25) is 0 Å². The largest absolute Gasteiger partial charge is 0.359 e. The van der Waals surface area contributed by atoms with Crippen molar-refractivity contribution in [3.8, 4) is 0 Å². The Morgan fingerprint density at radius 3 is 2.83 bits per heavy atom. The van der Waals surface area contributed by atoms with Crippen LogP contribution in [0.15, 0.2) is 22.8 Å². The van der Waals surface area contributed by atoms with Crippen molar-refractivity contribution >= 4 is 26.8 Å². The number of hydrogen-bond acceptors (Lipinski definition) is 0. The monoisotopic (exact) mass is 231 g/mol. The molecule has 2 rings (SSSR count). The second-order valence-electron chi connectivity index (χ2n) is 2.42. The van der Waals surface area contributed by atoms with E-state index in [1.165, 1.54) is 12.3 Å². The summed E-state index contributed by atoms with van der Waals surface area (Å²) in [6, 6.07) is 2.60. The number of aromatic nitrogens is 1. The number of nitrogens with one attached hydrogen (secondary N) is 1. The normalized spacial score (nSPS) is 10.9. The number of halogens is 3. The first-order valence-electron chi connectivity index (χ1n) is 3.30. The summed E-state index contributed by atoms with van der Waals surface area (Å²) in [6.45, 7) is 0. The highest BCUT2D eigenvalue weighted by molar-refractivity contribution is 9.10. The van der Waals surface area contributed by atoms with Crippen molar-refractivity contribution in [2.75, 3.05) is 0 Å². The maximum atomic E-state index is 13.2. The molecule has 0 saturated carbocycles. The summed E-state index contributed by atoms with van der Waals surface area (Å²) in [4.78, 5) is 2.62. The molecule has 1 aromatic carbocycles. The molecular weight excluding hydrogens is 228 g/mol. The van der Waals surface area contributed by atoms with Crippen molar-refractivity contribution in [1.82, 2.24) is 4.98 Å². The molecule has 0 atom stereocenters. The Bertz CT molecular complexity index is 436. The third-order valence-corrected chi connectivity index (χ3v) is 2.26. The molecule has 1 N–H and O–H groups in total. The highest BCUT2D eigenvalue weighted by Gasteiger charge is 2.10. The van der Waals surface area contributed by atoms with Crippen LogP contribution in [0, 0.1) is 11.6 Å². The predicted octanol–water partition coefficient (Wildman–Crippen LogP) is 3.21. The molecule has 2 aromatic rings. The van der Waals surface area contributed by atoms with Crippen LogP contribution in [0.1, 0.15) is 0 Å². The minimum Gasteiger partial charge on any atom is -0.359 e. The van der Waals surface area contributed by atoms with Crippen LogP contribution in [-0.2, 0) is 0 Å². The number of rotatable bonds is 0. The highest BCUT2D eigenvalue weighted by atomic mass is 79.9. The first kappa shape index (κ1) is 7.73. The van der Waals surface area contributed by atoms with Gasteiger partial charge in [0, 0.05) is 11.6 Å². The zero-order valence-corrected chi connectivity index (χ0v) is 7.45. The van der Waals surface area contributed by atoms with Gasteiger partial charge in [0.2, 0.25) is 0 Å². The molecule has 0 spiro atoms. The van der Waals surface area contributed by atoms with Gasteiger partial charge in [0.25, 0.3) is 0 Å². The molecule has 4 heteroatoms. The second-order valence-corrected chi connectivity index (χ2v) is 3.27. The molecule has 0 saturated heterocycles. The lowest BCUT2D eigenvalue weighted by Gasteiger charge is -1.97. The Morgan fingerprint density at radius 1 is 1.33 bits per heavy atom. The minimum atomic E-state index is -0.455. The van der Waals surface area contributed by atoms with Crippen LogP contribution >= 0.6 is 15.9 Å². The maximum Gasteiger partial charge on any atom is 0.148 e. The quantitative estimate of drug-likeness (QED) is 0.671. The SMILES string of the molecule is Fc1c(Br)cc(F)c2[nH]ccc12. The predicted molar refractivity (Wildman–Crippen MR) is 45.9 cm³/mol. The van der Waals surface area contributed by atoms with Gasteiger partial charge in [0.15, 0.2) is 0 Å². The average molecular weight is 232 g/mol. The van der Waals surface area contributed by atoms with E-state index in [9.17, 15) is 8.78 Å². The second kappa shape index (κ2) is 2.55. The Hall–Kier alpha value is -0.900. The van der Waals surface area contributed by atoms with Crippen LogP contribution in [0.4, 0.5) is 8.78 Å². The first-order valence-corrected chi connectivity index (χ1v) is 4.10. The van der Waals surface area contributed by atoms with Gasteiger partial charge in [-0.05, 0) is 28.1 Å². The minimum absolute atomic E-state index is 0.145. The van der Waals surface area contributed by atoms with Gasteiger partial charge >= 0.3 is 0 Å². The summed E-state index contributed by atoms with van der Waals surface area (Å²) in [5, 5.41) is 0.266. The van der Waals surface area contributed by atoms with E-state index < -0.39 is 11.6 Å². The molecule has 0 aliphatic rings. The molecule has 1 nitrogen and oxygen atoms in total. The highest BCUT2D eigenvalue weighted by Crippen LogP contribution is 2.26. The molecule has 0 unspecified atom stereocenters. The fraction of sp³-hybridized carbons (Fsp3) is 0. The van der Waals surface area contributed by atoms with Gasteiger partial charge in [-0.1, -0.05) is 0 Å². The number of H-pyrrole nitrogens is 1. The Morgan fingerprint density at radius 2 is 2.08 bits per heavy atom. The standard InChI is InChI=1S/C8H4BrF2N/c9-5-3-6(10)8-4(7(5)11)1-2-12-8/h1-3,12H. The number of hydrogen-bond donors (Lipinski definition) is 1. The molecular formula is C8H4BrF2N. The molecule has 12 heavy (non-hydrogen) atoms. The summed E-state index contributed by atoms with van der Waals surface area (Å²) in [7, 11) is 0. The topological polar surface area (TPSA) is 15.8 Å². The van der Waals surface area contributed by atoms with Gasteiger partial charge in [-0.25, -0.2) is 8.78 Å². The van der Waals surface area contributed by atoms with Gasteiger partial charge in [-0.2, -0.15) is 0 Å². The molecule has 0 aliphatic heterocycles. The number of aromatic amines is 1. The van der Waals surface area contributed by atoms with E-state index in [1.54, 1.807) is 0 Å². The van der Waals surface area contributed by atoms with Crippen molar-refractivity contribution in [3.63, 3.8) is 0 Å². The van der Waals surface area contributed by atoms with Crippen LogP contribution < -0.4 is 0 Å². The van der Waals surface area contributed by atoms with E-state index in [2.05, 4.69) is 20.9 Å². The van der Waals surface area contributed by atoms with E-state index in [-0.39, 0.29) is 15.4 Å². The molecule has 0 fully saturated rings. The van der Waals surface area contributed by atoms with Gasteiger partial charge in [0.1, 0.15) is 11.6 Å². The number of benzene rings is 1. The fourth-order valence-corrected chi connectivity index (χ4v) is 1.54. The molecule has 0 aliphatic carbocycles. The molecule has 0 radical (unpaired) electrons. The third kappa shape index (κ3) is 0.948. The Kier molecular flexibility index (Phi) is 1.65. The lowest BCUT2D eigenvalue weighted by molar-refractivity contribution is 0.611. The third-order valence-electron chi connectivity index (χ3n) is 1.69. The molecule has 1 aromatic heterocycles. The Labute approximate surface area is 75.5 Å². The molecule has 0 amide bonds. The summed E-state index contributed by atoms with van der Waals surface area (Å²) >= 11 is 2.92. The molecule has 1 heterocycles. The summed E-state index contributed by atoms with van der Waals surface area (Å²) in [5.41, 5.74) is 0.204. The van der Waals surface area contributed by atoms with Crippen molar-refractivity contribution in [3.05, 3.63) is 34.4 Å². The summed E-state index contributed by atoms with van der Waals surface area (Å²) < 4.78 is 26.4. The van der Waals surface area contributed by atoms with E-state index in [4.69, 9.17) is 0 Å². The van der Waals surface area contributed by atoms with Crippen LogP contribution in [0.5, 0.6) is 0 Å². The van der Waals surface area contributed by atoms with Gasteiger partial charge in [-0.15, -0.1) is 0 Å². The Balaban J connectivity index is 2.97. The van der Waals surface area contributed by atoms with E-state index in [0.29, 0.717) is 0 Å². The lowest BCUT2D eigenvalue weighted by atomic mass is 10.2. The van der Waals surface area contributed by atoms with Crippen LogP contribution in [0.25, 0.3) is 10.9 Å². The van der Waals surface area contributed by atoms with E-state index >= 15 is 0 Å². The summed E-state index contributed by atoms with van der Waals surface area (Å²) in [5.74, 6) is -0.893. The first-order chi connectivity index (χ1) is 5.70. The zero-order chi connectivity index (χ0) is 8.72. The molecule has 0 bridgehead atoms. The average Bonchev–Trinajstić information content (AvgIpc) is 2.48. The van der Waals surface area contributed by atoms with Crippen LogP contribution in [0.3, 0.4) is 0 Å². The van der Waals surface area contributed by atoms with Crippen LogP contribution in [0.2, 0.25) is 0 Å². The van der Waals surface area contributed by atoms with Gasteiger partial charge in [0.05, 0.1) is 9.99 Å². The lowest BCUT2D eigenvalue weighted by Crippen LogP contribution is -1.83. The number of fused-ring (bicyclic) bond motifs is 1. The van der Waals surface area contributed by atoms with Crippen molar-refractivity contribution in [2.24, 2.45) is 0 Å². The van der Waals surface area contributed by atoms with Crippen molar-refractivity contribution < 1.29 is 8.78 Å². The van der Waals surface area contributed by atoms with Crippen LogP contribution in [-0.4, -0.2) is 4.98 Å². The smallest absolute Gasteiger partial charge is 0.148 e. The maximum absolute atomic E-state index is 13.2. The zero-order valence-electron chi connectivity index (χ0n) is 5.87.